The van der Waals surface area contributed by atoms with Gasteiger partial charge >= 0.3 is 6.18 Å². The largest absolute Gasteiger partial charge is 0.408 e. The number of alkyl halides is 3. The van der Waals surface area contributed by atoms with Gasteiger partial charge in [0, 0.05) is 23.7 Å². The zero-order valence-electron chi connectivity index (χ0n) is 14.0. The maximum Gasteiger partial charge on any atom is 0.408 e. The van der Waals surface area contributed by atoms with Crippen molar-refractivity contribution in [3.63, 3.8) is 0 Å². The second-order valence-electron chi connectivity index (χ2n) is 5.85. The van der Waals surface area contributed by atoms with Crippen molar-refractivity contribution < 1.29 is 13.2 Å². The van der Waals surface area contributed by atoms with Gasteiger partial charge in [-0.25, -0.2) is 9.67 Å². The van der Waals surface area contributed by atoms with Crippen LogP contribution < -0.4 is 0 Å². The molecule has 9 heteroatoms. The van der Waals surface area contributed by atoms with E-state index in [2.05, 4.69) is 20.2 Å². The second kappa shape index (κ2) is 6.30. The van der Waals surface area contributed by atoms with Crippen LogP contribution in [0.4, 0.5) is 13.2 Å². The summed E-state index contributed by atoms with van der Waals surface area (Å²) in [5.74, 6) is 0.436. The predicted octanol–water partition coefficient (Wildman–Crippen LogP) is 3.33. The Morgan fingerprint density at radius 1 is 1.12 bits per heavy atom. The van der Waals surface area contributed by atoms with Crippen LogP contribution in [0.2, 0.25) is 0 Å². The molecule has 0 N–H and O–H groups in total. The van der Waals surface area contributed by atoms with E-state index in [-0.39, 0.29) is 11.6 Å². The smallest absolute Gasteiger partial charge is 0.265 e. The lowest BCUT2D eigenvalue weighted by Gasteiger charge is -2.15. The van der Waals surface area contributed by atoms with Gasteiger partial charge in [-0.3, -0.25) is 9.67 Å². The lowest BCUT2D eigenvalue weighted by atomic mass is 10.2. The molecule has 25 heavy (non-hydrogen) atoms. The monoisotopic (exact) mass is 350 g/mol. The Hall–Kier alpha value is -2.71. The Morgan fingerprint density at radius 2 is 1.80 bits per heavy atom. The lowest BCUT2D eigenvalue weighted by Crippen LogP contribution is -2.23. The van der Waals surface area contributed by atoms with Gasteiger partial charge in [0.1, 0.15) is 12.6 Å². The van der Waals surface area contributed by atoms with E-state index in [1.54, 1.807) is 36.1 Å². The molecule has 0 aliphatic heterocycles. The molecule has 0 aliphatic carbocycles. The zero-order chi connectivity index (χ0) is 18.2. The molecule has 0 radical (unpaired) electrons. The van der Waals surface area contributed by atoms with E-state index in [1.165, 1.54) is 0 Å². The summed E-state index contributed by atoms with van der Waals surface area (Å²) < 4.78 is 41.4. The van der Waals surface area contributed by atoms with Gasteiger partial charge in [-0.2, -0.15) is 23.4 Å². The zero-order valence-corrected chi connectivity index (χ0v) is 14.0. The van der Waals surface area contributed by atoms with Crippen LogP contribution in [0, 0.1) is 13.8 Å². The third-order valence-electron chi connectivity index (χ3n) is 3.75. The number of aromatic nitrogens is 6. The molecule has 3 aromatic heterocycles. The first-order chi connectivity index (χ1) is 11.7. The highest BCUT2D eigenvalue weighted by molar-refractivity contribution is 5.53. The Morgan fingerprint density at radius 3 is 2.36 bits per heavy atom. The van der Waals surface area contributed by atoms with Gasteiger partial charge in [-0.05, 0) is 39.0 Å². The number of rotatable bonds is 4. The molecule has 1 atom stereocenters. The van der Waals surface area contributed by atoms with Crippen LogP contribution in [0.5, 0.6) is 0 Å². The molecule has 0 aliphatic rings. The maximum absolute atomic E-state index is 13.0. The number of hydrogen-bond acceptors (Lipinski definition) is 4. The van der Waals surface area contributed by atoms with Crippen molar-refractivity contribution in [2.45, 2.75) is 39.5 Å². The van der Waals surface area contributed by atoms with Crippen LogP contribution in [0.1, 0.15) is 30.2 Å². The molecular formula is C16H17F3N6. The molecule has 3 heterocycles. The summed E-state index contributed by atoms with van der Waals surface area (Å²) in [6.45, 7) is 4.24. The first-order valence-electron chi connectivity index (χ1n) is 7.69. The number of pyridine rings is 1. The van der Waals surface area contributed by atoms with Crippen LogP contribution >= 0.6 is 0 Å². The number of hydrogen-bond donors (Lipinski definition) is 0. The summed E-state index contributed by atoms with van der Waals surface area (Å²) in [5.41, 5.74) is 2.25. The molecule has 6 nitrogen and oxygen atoms in total. The summed E-state index contributed by atoms with van der Waals surface area (Å²) >= 11 is 0. The van der Waals surface area contributed by atoms with E-state index in [0.717, 1.165) is 16.1 Å². The van der Waals surface area contributed by atoms with Gasteiger partial charge in [-0.15, -0.1) is 0 Å². The minimum absolute atomic E-state index is 0.204. The van der Waals surface area contributed by atoms with Crippen LogP contribution in [0.3, 0.4) is 0 Å². The minimum atomic E-state index is -4.40. The quantitative estimate of drug-likeness (QED) is 0.724. The van der Waals surface area contributed by atoms with Crippen molar-refractivity contribution in [1.29, 1.82) is 0 Å². The van der Waals surface area contributed by atoms with Crippen LogP contribution in [0.25, 0.3) is 11.4 Å². The fraction of sp³-hybridized carbons (Fsp3) is 0.375. The van der Waals surface area contributed by atoms with Crippen molar-refractivity contribution >= 4 is 0 Å². The molecule has 0 bridgehead atoms. The Kier molecular flexibility index (Phi) is 4.32. The van der Waals surface area contributed by atoms with Gasteiger partial charge in [-0.1, -0.05) is 0 Å². The highest BCUT2D eigenvalue weighted by Gasteiger charge is 2.32. The van der Waals surface area contributed by atoms with Gasteiger partial charge in [0.05, 0.1) is 5.69 Å². The van der Waals surface area contributed by atoms with E-state index in [4.69, 9.17) is 0 Å². The van der Waals surface area contributed by atoms with Crippen molar-refractivity contribution in [2.75, 3.05) is 0 Å². The van der Waals surface area contributed by atoms with Crippen LogP contribution in [0.15, 0.2) is 30.6 Å². The third kappa shape index (κ3) is 3.70. The maximum atomic E-state index is 13.0. The Bertz CT molecular complexity index is 866. The molecular weight excluding hydrogens is 333 g/mol. The second-order valence-corrected chi connectivity index (χ2v) is 5.85. The van der Waals surface area contributed by atoms with E-state index in [0.29, 0.717) is 5.56 Å². The Balaban J connectivity index is 2.07. The molecule has 0 amide bonds. The molecule has 0 saturated heterocycles. The van der Waals surface area contributed by atoms with Crippen molar-refractivity contribution in [1.82, 2.24) is 29.5 Å². The molecule has 0 spiro atoms. The minimum Gasteiger partial charge on any atom is -0.265 e. The molecule has 0 saturated carbocycles. The highest BCUT2D eigenvalue weighted by atomic mass is 19.4. The van der Waals surface area contributed by atoms with Crippen molar-refractivity contribution in [2.24, 2.45) is 0 Å². The SMILES string of the molecule is Cc1cc(C)n(C(C)c2nc(-c3ccncc3)nn2CC(F)(F)F)n1. The van der Waals surface area contributed by atoms with Gasteiger partial charge in [0.2, 0.25) is 0 Å². The average Bonchev–Trinajstić information content (AvgIpc) is 3.09. The first-order valence-corrected chi connectivity index (χ1v) is 7.69. The van der Waals surface area contributed by atoms with E-state index in [1.807, 2.05) is 19.9 Å². The van der Waals surface area contributed by atoms with E-state index in [9.17, 15) is 13.2 Å². The number of halogens is 3. The highest BCUT2D eigenvalue weighted by Crippen LogP contribution is 2.25. The summed E-state index contributed by atoms with van der Waals surface area (Å²) in [4.78, 5) is 8.25. The molecule has 0 fully saturated rings. The van der Waals surface area contributed by atoms with Crippen LogP contribution in [-0.2, 0) is 6.54 Å². The molecule has 3 rings (SSSR count). The van der Waals surface area contributed by atoms with E-state index >= 15 is 0 Å². The summed E-state index contributed by atoms with van der Waals surface area (Å²) in [6.07, 6.45) is -1.30. The fourth-order valence-electron chi connectivity index (χ4n) is 2.72. The standard InChI is InChI=1S/C16H17F3N6/c1-10-8-11(2)25(22-10)12(3)15-21-14(13-4-6-20-7-5-13)23-24(15)9-16(17,18)19/h4-8,12H,9H2,1-3H3. The average molecular weight is 350 g/mol. The molecule has 132 valence electrons. The topological polar surface area (TPSA) is 61.4 Å². The lowest BCUT2D eigenvalue weighted by molar-refractivity contribution is -0.143. The van der Waals surface area contributed by atoms with Gasteiger partial charge < -0.3 is 0 Å². The third-order valence-corrected chi connectivity index (χ3v) is 3.75. The normalized spacial score (nSPS) is 13.2. The number of nitrogens with zero attached hydrogens (tertiary/aromatic N) is 6. The first kappa shape index (κ1) is 17.1. The fourth-order valence-corrected chi connectivity index (χ4v) is 2.72. The summed E-state index contributed by atoms with van der Waals surface area (Å²) in [7, 11) is 0. The Labute approximate surface area is 142 Å². The summed E-state index contributed by atoms with van der Waals surface area (Å²) in [5, 5.41) is 8.42. The van der Waals surface area contributed by atoms with Crippen molar-refractivity contribution in [3.05, 3.63) is 47.8 Å². The molecule has 3 aromatic rings. The van der Waals surface area contributed by atoms with Crippen LogP contribution in [-0.4, -0.2) is 35.7 Å². The van der Waals surface area contributed by atoms with E-state index < -0.39 is 18.8 Å². The predicted molar refractivity (Wildman–Crippen MR) is 84.8 cm³/mol. The number of aryl methyl sites for hydroxylation is 2. The molecule has 1 unspecified atom stereocenters. The van der Waals surface area contributed by atoms with Gasteiger partial charge in [0.15, 0.2) is 11.6 Å². The summed E-state index contributed by atoms with van der Waals surface area (Å²) in [6, 6.07) is 4.69. The van der Waals surface area contributed by atoms with Gasteiger partial charge in [0.25, 0.3) is 0 Å². The van der Waals surface area contributed by atoms with Crippen molar-refractivity contribution in [3.8, 4) is 11.4 Å². The molecule has 0 aromatic carbocycles.